The van der Waals surface area contributed by atoms with Gasteiger partial charge in [-0.2, -0.15) is 0 Å². The average molecular weight is 223 g/mol. The van der Waals surface area contributed by atoms with Gasteiger partial charge in [-0.3, -0.25) is 0 Å². The Labute approximate surface area is 97.4 Å². The van der Waals surface area contributed by atoms with Crippen LogP contribution < -0.4 is 10.1 Å². The van der Waals surface area contributed by atoms with Gasteiger partial charge in [0.1, 0.15) is 5.75 Å². The maximum atomic E-state index is 8.97. The summed E-state index contributed by atoms with van der Waals surface area (Å²) >= 11 is 0. The van der Waals surface area contributed by atoms with E-state index in [-0.39, 0.29) is 6.61 Å². The largest absolute Gasteiger partial charge is 0.494 e. The molecule has 1 aromatic rings. The van der Waals surface area contributed by atoms with E-state index in [1.165, 1.54) is 0 Å². The normalized spacial score (nSPS) is 10.8. The quantitative estimate of drug-likeness (QED) is 0.694. The number of ether oxygens (including phenoxy) is 1. The van der Waals surface area contributed by atoms with Crippen LogP contribution in [0.2, 0.25) is 0 Å². The molecule has 0 amide bonds. The first kappa shape index (κ1) is 13.0. The van der Waals surface area contributed by atoms with Gasteiger partial charge in [0.05, 0.1) is 13.2 Å². The van der Waals surface area contributed by atoms with Crippen molar-refractivity contribution < 1.29 is 9.84 Å². The zero-order valence-electron chi connectivity index (χ0n) is 10.1. The molecule has 0 bridgehead atoms. The molecule has 3 nitrogen and oxygen atoms in total. The molecule has 90 valence electrons. The second kappa shape index (κ2) is 7.25. The van der Waals surface area contributed by atoms with Crippen LogP contribution in [-0.4, -0.2) is 24.3 Å². The Kier molecular flexibility index (Phi) is 5.90. The Morgan fingerprint density at radius 2 is 2.19 bits per heavy atom. The van der Waals surface area contributed by atoms with Crippen LogP contribution in [0.5, 0.6) is 5.75 Å². The Morgan fingerprint density at radius 1 is 1.38 bits per heavy atom. The summed E-state index contributed by atoms with van der Waals surface area (Å²) in [4.78, 5) is 0. The monoisotopic (exact) mass is 223 g/mol. The van der Waals surface area contributed by atoms with Crippen molar-refractivity contribution in [1.29, 1.82) is 0 Å². The Bertz CT molecular complexity index is 300. The molecule has 0 radical (unpaired) electrons. The number of rotatable bonds is 7. The fourth-order valence-electron chi connectivity index (χ4n) is 1.39. The summed E-state index contributed by atoms with van der Waals surface area (Å²) in [5, 5.41) is 12.3. The van der Waals surface area contributed by atoms with Crippen molar-refractivity contribution in [2.45, 2.75) is 32.9 Å². The van der Waals surface area contributed by atoms with Crippen molar-refractivity contribution in [1.82, 2.24) is 5.32 Å². The summed E-state index contributed by atoms with van der Waals surface area (Å²) in [5.41, 5.74) is 0.887. The van der Waals surface area contributed by atoms with Gasteiger partial charge in [0.15, 0.2) is 0 Å². The Morgan fingerprint density at radius 3 is 2.88 bits per heavy atom. The van der Waals surface area contributed by atoms with Crippen molar-refractivity contribution >= 4 is 0 Å². The van der Waals surface area contributed by atoms with Gasteiger partial charge in [-0.15, -0.1) is 0 Å². The highest BCUT2D eigenvalue weighted by atomic mass is 16.5. The fourth-order valence-corrected chi connectivity index (χ4v) is 1.39. The molecular weight excluding hydrogens is 202 g/mol. The third kappa shape index (κ3) is 5.14. The lowest BCUT2D eigenvalue weighted by atomic mass is 10.2. The predicted octanol–water partition coefficient (Wildman–Crippen LogP) is 1.95. The van der Waals surface area contributed by atoms with Crippen LogP contribution in [-0.2, 0) is 6.61 Å². The summed E-state index contributed by atoms with van der Waals surface area (Å²) in [5.74, 6) is 0.830. The molecule has 0 aromatic heterocycles. The summed E-state index contributed by atoms with van der Waals surface area (Å²) in [6, 6.07) is 8.09. The molecular formula is C13H21NO2. The van der Waals surface area contributed by atoms with Gasteiger partial charge < -0.3 is 15.2 Å². The van der Waals surface area contributed by atoms with E-state index in [1.54, 1.807) is 0 Å². The van der Waals surface area contributed by atoms with E-state index in [2.05, 4.69) is 19.2 Å². The standard InChI is InChI=1S/C13H21NO2/c1-11(2)14-7-4-8-16-13-6-3-5-12(9-13)10-15/h3,5-6,9,11,14-15H,4,7-8,10H2,1-2H3. The van der Waals surface area contributed by atoms with Crippen molar-refractivity contribution in [3.8, 4) is 5.75 Å². The SMILES string of the molecule is CC(C)NCCCOc1cccc(CO)c1. The molecule has 16 heavy (non-hydrogen) atoms. The number of nitrogens with one attached hydrogen (secondary N) is 1. The van der Waals surface area contributed by atoms with Gasteiger partial charge in [0.2, 0.25) is 0 Å². The van der Waals surface area contributed by atoms with Crippen LogP contribution in [0.15, 0.2) is 24.3 Å². The van der Waals surface area contributed by atoms with Crippen LogP contribution in [0.25, 0.3) is 0 Å². The molecule has 0 atom stereocenters. The molecule has 0 unspecified atom stereocenters. The van der Waals surface area contributed by atoms with Crippen LogP contribution in [0, 0.1) is 0 Å². The molecule has 1 aromatic carbocycles. The highest BCUT2D eigenvalue weighted by Gasteiger charge is 1.96. The van der Waals surface area contributed by atoms with Crippen LogP contribution in [0.3, 0.4) is 0 Å². The summed E-state index contributed by atoms with van der Waals surface area (Å²) in [6.07, 6.45) is 0.988. The van der Waals surface area contributed by atoms with E-state index in [0.29, 0.717) is 12.6 Å². The van der Waals surface area contributed by atoms with E-state index in [0.717, 1.165) is 24.3 Å². The maximum Gasteiger partial charge on any atom is 0.119 e. The maximum absolute atomic E-state index is 8.97. The topological polar surface area (TPSA) is 41.5 Å². The van der Waals surface area contributed by atoms with Crippen molar-refractivity contribution in [3.63, 3.8) is 0 Å². The van der Waals surface area contributed by atoms with E-state index >= 15 is 0 Å². The van der Waals surface area contributed by atoms with E-state index in [1.807, 2.05) is 24.3 Å². The van der Waals surface area contributed by atoms with Crippen LogP contribution in [0.1, 0.15) is 25.8 Å². The van der Waals surface area contributed by atoms with E-state index in [4.69, 9.17) is 9.84 Å². The van der Waals surface area contributed by atoms with Gasteiger partial charge >= 0.3 is 0 Å². The van der Waals surface area contributed by atoms with Crippen molar-refractivity contribution in [2.75, 3.05) is 13.2 Å². The molecule has 0 saturated heterocycles. The molecule has 0 spiro atoms. The number of hydrogen-bond donors (Lipinski definition) is 2. The summed E-state index contributed by atoms with van der Waals surface area (Å²) in [7, 11) is 0. The smallest absolute Gasteiger partial charge is 0.119 e. The zero-order valence-corrected chi connectivity index (χ0v) is 10.1. The van der Waals surface area contributed by atoms with Gasteiger partial charge in [0, 0.05) is 6.04 Å². The first-order valence-corrected chi connectivity index (χ1v) is 5.78. The van der Waals surface area contributed by atoms with Crippen LogP contribution in [0.4, 0.5) is 0 Å². The molecule has 2 N–H and O–H groups in total. The van der Waals surface area contributed by atoms with E-state index < -0.39 is 0 Å². The molecule has 0 aliphatic rings. The molecule has 0 fully saturated rings. The lowest BCUT2D eigenvalue weighted by Crippen LogP contribution is -2.24. The molecule has 3 heteroatoms. The Balaban J connectivity index is 2.21. The first-order chi connectivity index (χ1) is 7.72. The summed E-state index contributed by atoms with van der Waals surface area (Å²) in [6.45, 7) is 6.00. The van der Waals surface area contributed by atoms with E-state index in [9.17, 15) is 0 Å². The highest BCUT2D eigenvalue weighted by Crippen LogP contribution is 2.13. The minimum Gasteiger partial charge on any atom is -0.494 e. The second-order valence-electron chi connectivity index (χ2n) is 4.12. The molecule has 0 heterocycles. The van der Waals surface area contributed by atoms with Crippen molar-refractivity contribution in [2.24, 2.45) is 0 Å². The van der Waals surface area contributed by atoms with Crippen molar-refractivity contribution in [3.05, 3.63) is 29.8 Å². The molecule has 0 aliphatic carbocycles. The lowest BCUT2D eigenvalue weighted by molar-refractivity contribution is 0.278. The van der Waals surface area contributed by atoms with Gasteiger partial charge in [-0.05, 0) is 30.7 Å². The molecule has 1 rings (SSSR count). The lowest BCUT2D eigenvalue weighted by Gasteiger charge is -2.09. The van der Waals surface area contributed by atoms with Gasteiger partial charge in [-0.1, -0.05) is 26.0 Å². The average Bonchev–Trinajstić information content (AvgIpc) is 2.28. The third-order valence-electron chi connectivity index (χ3n) is 2.22. The Hall–Kier alpha value is -1.06. The fraction of sp³-hybridized carbons (Fsp3) is 0.538. The predicted molar refractivity (Wildman–Crippen MR) is 65.6 cm³/mol. The minimum absolute atomic E-state index is 0.0616. The number of hydrogen-bond acceptors (Lipinski definition) is 3. The van der Waals surface area contributed by atoms with Crippen LogP contribution >= 0.6 is 0 Å². The second-order valence-corrected chi connectivity index (χ2v) is 4.12. The van der Waals surface area contributed by atoms with Gasteiger partial charge in [0.25, 0.3) is 0 Å². The molecule has 0 aliphatic heterocycles. The summed E-state index contributed by atoms with van der Waals surface area (Å²) < 4.78 is 5.58. The minimum atomic E-state index is 0.0616. The number of benzene rings is 1. The highest BCUT2D eigenvalue weighted by molar-refractivity contribution is 5.27. The van der Waals surface area contributed by atoms with Gasteiger partial charge in [-0.25, -0.2) is 0 Å². The third-order valence-corrected chi connectivity index (χ3v) is 2.22. The number of aliphatic hydroxyl groups is 1. The molecule has 0 saturated carbocycles. The number of aliphatic hydroxyl groups excluding tert-OH is 1. The first-order valence-electron chi connectivity index (χ1n) is 5.78. The zero-order chi connectivity index (χ0) is 11.8.